The van der Waals surface area contributed by atoms with Crippen LogP contribution in [0.1, 0.15) is 17.2 Å². The van der Waals surface area contributed by atoms with E-state index < -0.39 is 44.6 Å². The number of benzene rings is 1. The Bertz CT molecular complexity index is 1010. The summed E-state index contributed by atoms with van der Waals surface area (Å²) in [6, 6.07) is 4.64. The molecule has 0 radical (unpaired) electrons. The largest absolute Gasteiger partial charge is 0.478 e. The molecule has 1 aromatic heterocycles. The Morgan fingerprint density at radius 3 is 2.39 bits per heavy atom. The number of halogens is 6. The van der Waals surface area contributed by atoms with E-state index in [0.717, 1.165) is 17.1 Å². The number of anilines is 1. The number of nitrogens with zero attached hydrogens (tertiary/aromatic N) is 3. The van der Waals surface area contributed by atoms with Gasteiger partial charge in [0.15, 0.2) is 0 Å². The van der Waals surface area contributed by atoms with Crippen molar-refractivity contribution in [2.24, 2.45) is 0 Å². The molecule has 1 unspecified atom stereocenters. The third kappa shape index (κ3) is 5.56. The van der Waals surface area contributed by atoms with Crippen LogP contribution < -0.4 is 5.01 Å². The maximum absolute atomic E-state index is 13.9. The summed E-state index contributed by atoms with van der Waals surface area (Å²) in [6.45, 7) is 5.96. The van der Waals surface area contributed by atoms with E-state index in [1.54, 1.807) is 0 Å². The van der Waals surface area contributed by atoms with Crippen molar-refractivity contribution in [3.8, 4) is 11.3 Å². The highest BCUT2D eigenvalue weighted by molar-refractivity contribution is 6.76. The van der Waals surface area contributed by atoms with Crippen LogP contribution in [0.2, 0.25) is 25.7 Å². The normalized spacial score (nSPS) is 17.4. The zero-order valence-corrected chi connectivity index (χ0v) is 19.2. The van der Waals surface area contributed by atoms with E-state index in [2.05, 4.69) is 24.6 Å². The predicted octanol–water partition coefficient (Wildman–Crippen LogP) is 5.88. The van der Waals surface area contributed by atoms with Gasteiger partial charge in [-0.15, -0.1) is 5.01 Å². The first kappa shape index (κ1) is 25.2. The quantitative estimate of drug-likeness (QED) is 0.159. The average Bonchev–Trinajstić information content (AvgIpc) is 3.03. The Labute approximate surface area is 187 Å². The minimum absolute atomic E-state index is 0.0179. The number of carbonyl (C=O) groups is 1. The van der Waals surface area contributed by atoms with Crippen LogP contribution in [0.4, 0.5) is 32.0 Å². The summed E-state index contributed by atoms with van der Waals surface area (Å²) in [5.41, 5.74) is -1.50. The number of aldehydes is 1. The van der Waals surface area contributed by atoms with Crippen LogP contribution in [0.25, 0.3) is 11.3 Å². The van der Waals surface area contributed by atoms with E-state index in [0.29, 0.717) is 6.04 Å². The summed E-state index contributed by atoms with van der Waals surface area (Å²) in [4.78, 5) is 15.4. The van der Waals surface area contributed by atoms with Crippen molar-refractivity contribution in [3.63, 3.8) is 0 Å². The first-order chi connectivity index (χ1) is 15.2. The molecule has 1 aliphatic heterocycles. The highest BCUT2D eigenvalue weighted by Gasteiger charge is 2.52. The lowest BCUT2D eigenvalue weighted by molar-refractivity contribution is -0.260. The van der Waals surface area contributed by atoms with Crippen molar-refractivity contribution in [2.75, 3.05) is 18.3 Å². The monoisotopic (exact) mass is 491 g/mol. The number of hydrogen-bond acceptors (Lipinski definition) is 5. The van der Waals surface area contributed by atoms with Gasteiger partial charge < -0.3 is 9.53 Å². The average molecular weight is 492 g/mol. The molecule has 2 aromatic rings. The zero-order valence-electron chi connectivity index (χ0n) is 18.2. The molecular weight excluding hydrogens is 468 g/mol. The second kappa shape index (κ2) is 9.07. The van der Waals surface area contributed by atoms with E-state index in [1.807, 2.05) is 0 Å². The maximum Gasteiger partial charge on any atom is 0.478 e. The number of pyridine rings is 1. The van der Waals surface area contributed by atoms with Gasteiger partial charge in [0.25, 0.3) is 0 Å². The molecule has 1 aliphatic rings. The second-order valence-corrected chi connectivity index (χ2v) is 14.4. The molecule has 0 amide bonds. The van der Waals surface area contributed by atoms with Crippen LogP contribution in [0, 0.1) is 0 Å². The highest BCUT2D eigenvalue weighted by atomic mass is 28.3. The van der Waals surface area contributed by atoms with E-state index >= 15 is 0 Å². The molecule has 0 spiro atoms. The van der Waals surface area contributed by atoms with Gasteiger partial charge in [-0.3, -0.25) is 9.99 Å². The lowest BCUT2D eigenvalue weighted by Gasteiger charge is -2.33. The fraction of sp³-hybridized carbons (Fsp3) is 0.429. The van der Waals surface area contributed by atoms with Gasteiger partial charge in [-0.2, -0.15) is 26.3 Å². The standard InChI is InChI=1S/C21H23F6N3O2Si/c1-33(2,3)10-9-32-13-29-17-11-14(19-16(20(22,23)24)5-4-8-28-19)6-7-15(17)18(12-31)30(29)21(25,26)27/h4-8,11-12,18H,9-10,13H2,1-3H3. The summed E-state index contributed by atoms with van der Waals surface area (Å²) < 4.78 is 87.5. The minimum Gasteiger partial charge on any atom is -0.360 e. The molecule has 1 aromatic carbocycles. The molecule has 180 valence electrons. The number of hydrogen-bond donors (Lipinski definition) is 0. The minimum atomic E-state index is -4.92. The van der Waals surface area contributed by atoms with Gasteiger partial charge in [0.1, 0.15) is 19.1 Å². The van der Waals surface area contributed by atoms with Gasteiger partial charge in [-0.05, 0) is 24.2 Å². The molecule has 0 bridgehead atoms. The van der Waals surface area contributed by atoms with Gasteiger partial charge in [0, 0.05) is 32.0 Å². The number of fused-ring (bicyclic) bond motifs is 1. The van der Waals surface area contributed by atoms with Gasteiger partial charge >= 0.3 is 12.5 Å². The van der Waals surface area contributed by atoms with Gasteiger partial charge in [0.05, 0.1) is 16.9 Å². The van der Waals surface area contributed by atoms with Gasteiger partial charge in [-0.25, -0.2) is 0 Å². The van der Waals surface area contributed by atoms with Crippen LogP contribution >= 0.6 is 0 Å². The fourth-order valence-corrected chi connectivity index (χ4v) is 4.27. The molecule has 0 saturated heterocycles. The van der Waals surface area contributed by atoms with Crippen LogP contribution in [0.3, 0.4) is 0 Å². The van der Waals surface area contributed by atoms with E-state index in [9.17, 15) is 31.1 Å². The SMILES string of the molecule is C[Si](C)(C)CCOCN1c2cc(-c3ncccc3C(F)(F)F)ccc2C(C=O)N1C(F)(F)F. The Balaban J connectivity index is 2.04. The fourth-order valence-electron chi connectivity index (χ4n) is 3.51. The Morgan fingerprint density at radius 2 is 1.82 bits per heavy atom. The molecule has 0 saturated carbocycles. The number of alkyl halides is 6. The molecule has 5 nitrogen and oxygen atoms in total. The predicted molar refractivity (Wildman–Crippen MR) is 113 cm³/mol. The number of ether oxygens (including phenoxy) is 1. The van der Waals surface area contributed by atoms with Gasteiger partial charge in [-0.1, -0.05) is 31.8 Å². The van der Waals surface area contributed by atoms with E-state index in [4.69, 9.17) is 4.74 Å². The van der Waals surface area contributed by atoms with Crippen LogP contribution in [0.5, 0.6) is 0 Å². The Morgan fingerprint density at radius 1 is 1.12 bits per heavy atom. The second-order valence-electron chi connectivity index (χ2n) is 8.81. The molecule has 3 rings (SSSR count). The number of hydrazine groups is 1. The Kier molecular flexibility index (Phi) is 6.92. The smallest absolute Gasteiger partial charge is 0.360 e. The van der Waals surface area contributed by atoms with Crippen molar-refractivity contribution < 1.29 is 35.9 Å². The molecule has 1 atom stereocenters. The molecular formula is C21H23F6N3O2Si. The molecule has 0 N–H and O–H groups in total. The summed E-state index contributed by atoms with van der Waals surface area (Å²) in [5.74, 6) is 0. The van der Waals surface area contributed by atoms with Gasteiger partial charge in [0.2, 0.25) is 0 Å². The molecule has 0 aliphatic carbocycles. The number of rotatable bonds is 7. The third-order valence-electron chi connectivity index (χ3n) is 5.14. The number of aromatic nitrogens is 1. The summed E-state index contributed by atoms with van der Waals surface area (Å²) >= 11 is 0. The maximum atomic E-state index is 13.9. The van der Waals surface area contributed by atoms with Crippen molar-refractivity contribution in [2.45, 2.75) is 44.2 Å². The molecule has 33 heavy (non-hydrogen) atoms. The summed E-state index contributed by atoms with van der Waals surface area (Å²) in [6.07, 6.45) is -8.30. The van der Waals surface area contributed by atoms with E-state index in [1.165, 1.54) is 24.4 Å². The van der Waals surface area contributed by atoms with Crippen molar-refractivity contribution in [1.29, 1.82) is 0 Å². The van der Waals surface area contributed by atoms with Crippen LogP contribution in [-0.4, -0.2) is 44.0 Å². The summed E-state index contributed by atoms with van der Waals surface area (Å²) in [7, 11) is -1.51. The molecule has 12 heteroatoms. The number of carbonyl (C=O) groups excluding carboxylic acids is 1. The first-order valence-electron chi connectivity index (χ1n) is 10.1. The Hall–Kier alpha value is -2.44. The topological polar surface area (TPSA) is 45.7 Å². The van der Waals surface area contributed by atoms with E-state index in [-0.39, 0.29) is 34.7 Å². The highest BCUT2D eigenvalue weighted by Crippen LogP contribution is 2.46. The van der Waals surface area contributed by atoms with Crippen molar-refractivity contribution in [3.05, 3.63) is 47.7 Å². The molecule has 2 heterocycles. The lowest BCUT2D eigenvalue weighted by atomic mass is 10.00. The van der Waals surface area contributed by atoms with Crippen LogP contribution in [0.15, 0.2) is 36.5 Å². The van der Waals surface area contributed by atoms with Crippen molar-refractivity contribution in [1.82, 2.24) is 9.99 Å². The molecule has 0 fully saturated rings. The van der Waals surface area contributed by atoms with Crippen LogP contribution in [-0.2, 0) is 15.7 Å². The lowest BCUT2D eigenvalue weighted by Crippen LogP contribution is -2.50. The zero-order chi connectivity index (χ0) is 24.6. The first-order valence-corrected chi connectivity index (χ1v) is 13.8. The third-order valence-corrected chi connectivity index (χ3v) is 6.84. The van der Waals surface area contributed by atoms with Crippen molar-refractivity contribution >= 4 is 20.0 Å². The summed E-state index contributed by atoms with van der Waals surface area (Å²) in [5, 5.41) is 0.685.